The van der Waals surface area contributed by atoms with Crippen LogP contribution in [0.2, 0.25) is 0 Å². The van der Waals surface area contributed by atoms with Gasteiger partial charge < -0.3 is 19.0 Å². The average Bonchev–Trinajstić information content (AvgIpc) is 3.24. The Balaban J connectivity index is 0.000000287. The van der Waals surface area contributed by atoms with Gasteiger partial charge in [0.2, 0.25) is 5.89 Å². The summed E-state index contributed by atoms with van der Waals surface area (Å²) in [5, 5.41) is 9.27. The van der Waals surface area contributed by atoms with E-state index in [2.05, 4.69) is 18.1 Å². The van der Waals surface area contributed by atoms with Crippen LogP contribution in [0, 0.1) is 18.8 Å². The summed E-state index contributed by atoms with van der Waals surface area (Å²) in [5.41, 5.74) is 1.79. The summed E-state index contributed by atoms with van der Waals surface area (Å²) in [7, 11) is 1.66. The van der Waals surface area contributed by atoms with E-state index in [4.69, 9.17) is 13.9 Å². The molecule has 2 fully saturated rings. The molecular weight excluding hydrogens is 438 g/mol. The summed E-state index contributed by atoms with van der Waals surface area (Å²) in [6, 6.07) is 7.74. The minimum atomic E-state index is -0.0290. The molecule has 35 heavy (non-hydrogen) atoms. The van der Waals surface area contributed by atoms with E-state index < -0.39 is 0 Å². The van der Waals surface area contributed by atoms with E-state index in [0.29, 0.717) is 30.4 Å². The second-order valence-corrected chi connectivity index (χ2v) is 9.95. The van der Waals surface area contributed by atoms with Crippen molar-refractivity contribution in [3.05, 3.63) is 61.0 Å². The third-order valence-electron chi connectivity index (χ3n) is 7.15. The van der Waals surface area contributed by atoms with E-state index in [-0.39, 0.29) is 6.10 Å². The molecule has 0 bridgehead atoms. The standard InChI is InChI=1S/C21H27NO3.C9H16O/c1-4-7-16-8-5-11-19(12-16)24-14-20-15(2)25-21(22-20)17-9-6-10-18(13-17)23-3;1-2-4-8-5-3-6-9(10)7-8/h4,6,9-10,13,16,19H,1,5,7-8,11-12,14H2,2-3H3;2,8-10H,1,3-7H2. The lowest BCUT2D eigenvalue weighted by Gasteiger charge is -2.28. The highest BCUT2D eigenvalue weighted by Gasteiger charge is 2.23. The Morgan fingerprint density at radius 2 is 1.77 bits per heavy atom. The highest BCUT2D eigenvalue weighted by atomic mass is 16.5. The van der Waals surface area contributed by atoms with Crippen molar-refractivity contribution in [1.82, 2.24) is 4.98 Å². The van der Waals surface area contributed by atoms with Gasteiger partial charge in [-0.15, -0.1) is 13.2 Å². The number of aliphatic hydroxyl groups is 1. The number of aromatic nitrogens is 1. The van der Waals surface area contributed by atoms with Crippen LogP contribution in [0.4, 0.5) is 0 Å². The fraction of sp³-hybridized carbons (Fsp3) is 0.567. The van der Waals surface area contributed by atoms with Crippen molar-refractivity contribution in [3.63, 3.8) is 0 Å². The van der Waals surface area contributed by atoms with E-state index in [1.807, 2.05) is 43.3 Å². The molecule has 5 nitrogen and oxygen atoms in total. The van der Waals surface area contributed by atoms with Gasteiger partial charge in [0.1, 0.15) is 17.2 Å². The Labute approximate surface area is 211 Å². The second kappa shape index (κ2) is 14.3. The summed E-state index contributed by atoms with van der Waals surface area (Å²) in [6.45, 7) is 10.0. The summed E-state index contributed by atoms with van der Waals surface area (Å²) >= 11 is 0. The zero-order valence-electron chi connectivity index (χ0n) is 21.6. The van der Waals surface area contributed by atoms with Gasteiger partial charge in [-0.25, -0.2) is 4.98 Å². The van der Waals surface area contributed by atoms with E-state index >= 15 is 0 Å². The molecule has 0 radical (unpaired) electrons. The maximum atomic E-state index is 9.27. The van der Waals surface area contributed by atoms with E-state index in [1.54, 1.807) is 7.11 Å². The average molecular weight is 482 g/mol. The third kappa shape index (κ3) is 8.66. The first-order valence-corrected chi connectivity index (χ1v) is 13.1. The fourth-order valence-corrected chi connectivity index (χ4v) is 5.19. The van der Waals surface area contributed by atoms with Gasteiger partial charge in [-0.1, -0.05) is 31.1 Å². The summed E-state index contributed by atoms with van der Waals surface area (Å²) in [5.74, 6) is 3.64. The van der Waals surface area contributed by atoms with Crippen LogP contribution in [0.1, 0.15) is 75.7 Å². The fourth-order valence-electron chi connectivity index (χ4n) is 5.19. The first-order valence-electron chi connectivity index (χ1n) is 13.1. The minimum Gasteiger partial charge on any atom is -0.497 e. The van der Waals surface area contributed by atoms with Crippen LogP contribution in [0.15, 0.2) is 54.0 Å². The van der Waals surface area contributed by atoms with Gasteiger partial charge in [0.05, 0.1) is 25.9 Å². The molecule has 0 aliphatic heterocycles. The molecule has 2 aliphatic carbocycles. The van der Waals surface area contributed by atoms with Gasteiger partial charge in [-0.05, 0) is 88.3 Å². The number of aryl methyl sites for hydroxylation is 1. The molecule has 192 valence electrons. The minimum absolute atomic E-state index is 0.0290. The lowest BCUT2D eigenvalue weighted by molar-refractivity contribution is 0.000943. The van der Waals surface area contributed by atoms with Gasteiger partial charge in [0.25, 0.3) is 0 Å². The Kier molecular flexibility index (Phi) is 11.1. The lowest BCUT2D eigenvalue weighted by Crippen LogP contribution is -2.22. The topological polar surface area (TPSA) is 64.7 Å². The smallest absolute Gasteiger partial charge is 0.226 e. The van der Waals surface area contributed by atoms with Crippen LogP contribution >= 0.6 is 0 Å². The maximum Gasteiger partial charge on any atom is 0.226 e. The summed E-state index contributed by atoms with van der Waals surface area (Å²) < 4.78 is 17.2. The van der Waals surface area contributed by atoms with Gasteiger partial charge >= 0.3 is 0 Å². The molecular formula is C30H43NO4. The highest BCUT2D eigenvalue weighted by molar-refractivity contribution is 5.56. The monoisotopic (exact) mass is 481 g/mol. The molecule has 1 aromatic heterocycles. The molecule has 2 saturated carbocycles. The molecule has 1 heterocycles. The van der Waals surface area contributed by atoms with Crippen molar-refractivity contribution >= 4 is 0 Å². The number of methoxy groups -OCH3 is 1. The van der Waals surface area contributed by atoms with Crippen LogP contribution in [0.3, 0.4) is 0 Å². The Bertz CT molecular complexity index is 921. The molecule has 4 atom stereocenters. The molecule has 0 spiro atoms. The Morgan fingerprint density at radius 1 is 1.06 bits per heavy atom. The maximum absolute atomic E-state index is 9.27. The number of ether oxygens (including phenoxy) is 2. The number of allylic oxidation sites excluding steroid dienone is 2. The molecule has 2 aliphatic rings. The lowest BCUT2D eigenvalue weighted by atomic mass is 9.85. The molecule has 2 aromatic rings. The predicted octanol–water partition coefficient (Wildman–Crippen LogP) is 7.42. The number of benzene rings is 1. The van der Waals surface area contributed by atoms with Gasteiger partial charge in [0.15, 0.2) is 0 Å². The Morgan fingerprint density at radius 3 is 2.46 bits per heavy atom. The van der Waals surface area contributed by atoms with Crippen molar-refractivity contribution < 1.29 is 19.0 Å². The highest BCUT2D eigenvalue weighted by Crippen LogP contribution is 2.31. The first-order chi connectivity index (χ1) is 17.0. The largest absolute Gasteiger partial charge is 0.497 e. The van der Waals surface area contributed by atoms with Gasteiger partial charge in [-0.2, -0.15) is 0 Å². The molecule has 0 saturated heterocycles. The van der Waals surface area contributed by atoms with E-state index in [1.165, 1.54) is 25.7 Å². The van der Waals surface area contributed by atoms with Gasteiger partial charge in [0, 0.05) is 5.56 Å². The Hall–Kier alpha value is -2.37. The van der Waals surface area contributed by atoms with Crippen LogP contribution < -0.4 is 4.74 Å². The molecule has 1 aromatic carbocycles. The summed E-state index contributed by atoms with van der Waals surface area (Å²) in [4.78, 5) is 4.63. The van der Waals surface area contributed by atoms with Crippen molar-refractivity contribution in [2.24, 2.45) is 11.8 Å². The normalized spacial score (nSPS) is 24.2. The number of hydrogen-bond acceptors (Lipinski definition) is 5. The SMILES string of the molecule is C=CCC1CCCC(O)C1.C=CCC1CCCC(OCc2nc(-c3cccc(OC)c3)oc2C)C1. The number of aliphatic hydroxyl groups excluding tert-OH is 1. The molecule has 4 rings (SSSR count). The molecule has 4 unspecified atom stereocenters. The molecule has 0 amide bonds. The number of oxazole rings is 1. The van der Waals surface area contributed by atoms with Crippen molar-refractivity contribution in [3.8, 4) is 17.2 Å². The van der Waals surface area contributed by atoms with E-state index in [0.717, 1.165) is 61.3 Å². The van der Waals surface area contributed by atoms with Crippen LogP contribution in [0.25, 0.3) is 11.5 Å². The predicted molar refractivity (Wildman–Crippen MR) is 141 cm³/mol. The van der Waals surface area contributed by atoms with Crippen molar-refractivity contribution in [2.75, 3.05) is 7.11 Å². The third-order valence-corrected chi connectivity index (χ3v) is 7.15. The number of rotatable bonds is 9. The number of hydrogen-bond donors (Lipinski definition) is 1. The van der Waals surface area contributed by atoms with Gasteiger partial charge in [-0.3, -0.25) is 0 Å². The molecule has 5 heteroatoms. The van der Waals surface area contributed by atoms with Crippen LogP contribution in [-0.2, 0) is 11.3 Å². The van der Waals surface area contributed by atoms with Crippen molar-refractivity contribution in [2.45, 2.75) is 89.9 Å². The first kappa shape index (κ1) is 27.2. The summed E-state index contributed by atoms with van der Waals surface area (Å²) in [6.07, 6.45) is 15.7. The molecule has 1 N–H and O–H groups in total. The van der Waals surface area contributed by atoms with Crippen LogP contribution in [-0.4, -0.2) is 29.4 Å². The van der Waals surface area contributed by atoms with E-state index in [9.17, 15) is 5.11 Å². The quantitative estimate of drug-likeness (QED) is 0.377. The number of nitrogens with zero attached hydrogens (tertiary/aromatic N) is 1. The second-order valence-electron chi connectivity index (χ2n) is 9.95. The van der Waals surface area contributed by atoms with Crippen LogP contribution in [0.5, 0.6) is 5.75 Å². The zero-order chi connectivity index (χ0) is 25.0. The van der Waals surface area contributed by atoms with Crippen molar-refractivity contribution in [1.29, 1.82) is 0 Å². The zero-order valence-corrected chi connectivity index (χ0v) is 21.6.